The largest absolute Gasteiger partial charge is 0.281 e. The normalized spacial score (nSPS) is 22.5. The molecule has 1 aliphatic carbocycles. The summed E-state index contributed by atoms with van der Waals surface area (Å²) in [7, 11) is 0. The molecule has 0 unspecified atom stereocenters. The lowest BCUT2D eigenvalue weighted by molar-refractivity contribution is -0.134. The summed E-state index contributed by atoms with van der Waals surface area (Å²) in [5.41, 5.74) is -0.182. The second-order valence-corrected chi connectivity index (χ2v) is 4.80. The van der Waals surface area contributed by atoms with Gasteiger partial charge >= 0.3 is 0 Å². The van der Waals surface area contributed by atoms with Crippen molar-refractivity contribution in [2.75, 3.05) is 0 Å². The molecule has 0 aromatic heterocycles. The summed E-state index contributed by atoms with van der Waals surface area (Å²) in [4.78, 5) is 11.2. The topological polar surface area (TPSA) is 17.1 Å². The minimum absolute atomic E-state index is 0.0318. The Bertz CT molecular complexity index is 174. The lowest BCUT2D eigenvalue weighted by Crippen LogP contribution is -2.46. The molecule has 0 aromatic rings. The molecular weight excluding hydrogens is 160 g/mol. The molecule has 0 bridgehead atoms. The maximum Gasteiger partial charge on any atom is 0.228 e. The van der Waals surface area contributed by atoms with Crippen LogP contribution in [-0.2, 0) is 4.79 Å². The highest BCUT2D eigenvalue weighted by atomic mass is 35.5. The number of halogens is 1. The van der Waals surface area contributed by atoms with Crippen LogP contribution < -0.4 is 0 Å². The standard InChI is InChI=1S/C9H15ClO/c1-8(2,3)9(7(10)11)5-4-6-9/h4-6H2,1-3H3. The number of carbonyl (C=O) groups excluding carboxylic acids is 1. The van der Waals surface area contributed by atoms with E-state index in [-0.39, 0.29) is 16.1 Å². The molecule has 1 fully saturated rings. The van der Waals surface area contributed by atoms with Crippen LogP contribution in [0, 0.1) is 10.8 Å². The lowest BCUT2D eigenvalue weighted by Gasteiger charge is -2.48. The van der Waals surface area contributed by atoms with Crippen molar-refractivity contribution in [3.05, 3.63) is 0 Å². The van der Waals surface area contributed by atoms with Crippen molar-refractivity contribution in [1.82, 2.24) is 0 Å². The van der Waals surface area contributed by atoms with E-state index in [9.17, 15) is 4.79 Å². The molecule has 1 nitrogen and oxygen atoms in total. The van der Waals surface area contributed by atoms with Gasteiger partial charge in [0.25, 0.3) is 0 Å². The van der Waals surface area contributed by atoms with Crippen LogP contribution in [0.15, 0.2) is 0 Å². The molecule has 0 radical (unpaired) electrons. The molecule has 0 heterocycles. The van der Waals surface area contributed by atoms with Crippen molar-refractivity contribution in [2.45, 2.75) is 40.0 Å². The molecule has 0 saturated heterocycles. The molecule has 0 aliphatic heterocycles. The monoisotopic (exact) mass is 174 g/mol. The van der Waals surface area contributed by atoms with Crippen LogP contribution >= 0.6 is 11.6 Å². The molecule has 0 N–H and O–H groups in total. The highest BCUT2D eigenvalue weighted by Crippen LogP contribution is 2.54. The zero-order valence-electron chi connectivity index (χ0n) is 7.41. The average molecular weight is 175 g/mol. The van der Waals surface area contributed by atoms with Crippen LogP contribution in [0.2, 0.25) is 0 Å². The molecule has 1 rings (SSSR count). The Morgan fingerprint density at radius 3 is 1.82 bits per heavy atom. The molecule has 2 heteroatoms. The van der Waals surface area contributed by atoms with Gasteiger partial charge in [0, 0.05) is 5.41 Å². The van der Waals surface area contributed by atoms with E-state index in [1.807, 2.05) is 0 Å². The summed E-state index contributed by atoms with van der Waals surface area (Å²) >= 11 is 5.58. The van der Waals surface area contributed by atoms with E-state index in [1.165, 1.54) is 0 Å². The van der Waals surface area contributed by atoms with E-state index in [1.54, 1.807) is 0 Å². The average Bonchev–Trinajstić information content (AvgIpc) is 1.52. The van der Waals surface area contributed by atoms with Crippen molar-refractivity contribution in [3.8, 4) is 0 Å². The molecule has 0 atom stereocenters. The fourth-order valence-corrected chi connectivity index (χ4v) is 2.24. The Hall–Kier alpha value is -0.0400. The molecular formula is C9H15ClO. The summed E-state index contributed by atoms with van der Waals surface area (Å²) in [6.07, 6.45) is 3.09. The van der Waals surface area contributed by atoms with Crippen molar-refractivity contribution in [3.63, 3.8) is 0 Å². The first kappa shape index (κ1) is 9.05. The van der Waals surface area contributed by atoms with Crippen molar-refractivity contribution in [1.29, 1.82) is 0 Å². The highest BCUT2D eigenvalue weighted by Gasteiger charge is 2.51. The SMILES string of the molecule is CC(C)(C)C1(C(=O)Cl)CCC1. The van der Waals surface area contributed by atoms with Gasteiger partial charge in [-0.3, -0.25) is 4.79 Å². The van der Waals surface area contributed by atoms with Crippen molar-refractivity contribution < 1.29 is 4.79 Å². The Kier molecular flexibility index (Phi) is 2.04. The molecule has 0 aromatic carbocycles. The zero-order valence-corrected chi connectivity index (χ0v) is 8.16. The molecule has 64 valence electrons. The predicted octanol–water partition coefficient (Wildman–Crippen LogP) is 2.97. The molecule has 11 heavy (non-hydrogen) atoms. The molecule has 1 saturated carbocycles. The van der Waals surface area contributed by atoms with Gasteiger partial charge in [0.2, 0.25) is 5.24 Å². The van der Waals surface area contributed by atoms with Gasteiger partial charge in [0.15, 0.2) is 0 Å². The van der Waals surface area contributed by atoms with Crippen LogP contribution in [0.5, 0.6) is 0 Å². The first-order chi connectivity index (χ1) is 4.90. The Morgan fingerprint density at radius 2 is 1.82 bits per heavy atom. The minimum atomic E-state index is -0.214. The van der Waals surface area contributed by atoms with E-state index < -0.39 is 0 Å². The van der Waals surface area contributed by atoms with Gasteiger partial charge in [-0.25, -0.2) is 0 Å². The third kappa shape index (κ3) is 1.20. The second kappa shape index (κ2) is 2.48. The summed E-state index contributed by atoms with van der Waals surface area (Å²) in [5.74, 6) is 0. The molecule has 1 aliphatic rings. The third-order valence-corrected chi connectivity index (χ3v) is 3.38. The number of carbonyl (C=O) groups is 1. The highest BCUT2D eigenvalue weighted by molar-refractivity contribution is 6.64. The Morgan fingerprint density at radius 1 is 1.36 bits per heavy atom. The fraction of sp³-hybridized carbons (Fsp3) is 0.889. The molecule has 0 spiro atoms. The number of rotatable bonds is 1. The summed E-state index contributed by atoms with van der Waals surface area (Å²) in [5, 5.41) is -0.142. The van der Waals surface area contributed by atoms with Gasteiger partial charge in [-0.15, -0.1) is 0 Å². The summed E-state index contributed by atoms with van der Waals surface area (Å²) in [6.45, 7) is 6.27. The maximum atomic E-state index is 11.2. The van der Waals surface area contributed by atoms with E-state index >= 15 is 0 Å². The smallest absolute Gasteiger partial charge is 0.228 e. The quantitative estimate of drug-likeness (QED) is 0.559. The van der Waals surface area contributed by atoms with Gasteiger partial charge in [-0.2, -0.15) is 0 Å². The Labute approximate surface area is 73.1 Å². The fourth-order valence-electron chi connectivity index (χ4n) is 1.77. The van der Waals surface area contributed by atoms with E-state index in [0.717, 1.165) is 19.3 Å². The van der Waals surface area contributed by atoms with Crippen LogP contribution in [0.1, 0.15) is 40.0 Å². The van der Waals surface area contributed by atoms with Crippen molar-refractivity contribution >= 4 is 16.8 Å². The summed E-state index contributed by atoms with van der Waals surface area (Å²) in [6, 6.07) is 0. The van der Waals surface area contributed by atoms with Crippen molar-refractivity contribution in [2.24, 2.45) is 10.8 Å². The Balaban J connectivity index is 2.85. The van der Waals surface area contributed by atoms with E-state index in [4.69, 9.17) is 11.6 Å². The minimum Gasteiger partial charge on any atom is -0.281 e. The van der Waals surface area contributed by atoms with E-state index in [0.29, 0.717) is 0 Å². The lowest BCUT2D eigenvalue weighted by atomic mass is 9.56. The third-order valence-electron chi connectivity index (χ3n) is 3.02. The van der Waals surface area contributed by atoms with Crippen LogP contribution in [0.25, 0.3) is 0 Å². The molecule has 0 amide bonds. The first-order valence-corrected chi connectivity index (χ1v) is 4.48. The van der Waals surface area contributed by atoms with Gasteiger partial charge < -0.3 is 0 Å². The van der Waals surface area contributed by atoms with E-state index in [2.05, 4.69) is 20.8 Å². The predicted molar refractivity (Wildman–Crippen MR) is 46.6 cm³/mol. The van der Waals surface area contributed by atoms with Gasteiger partial charge in [0.1, 0.15) is 0 Å². The van der Waals surface area contributed by atoms with Crippen LogP contribution in [-0.4, -0.2) is 5.24 Å². The maximum absolute atomic E-state index is 11.2. The zero-order chi connectivity index (χ0) is 8.70. The second-order valence-electron chi connectivity index (χ2n) is 4.46. The number of hydrogen-bond acceptors (Lipinski definition) is 1. The van der Waals surface area contributed by atoms with Gasteiger partial charge in [0.05, 0.1) is 0 Å². The van der Waals surface area contributed by atoms with Crippen LogP contribution in [0.3, 0.4) is 0 Å². The van der Waals surface area contributed by atoms with Gasteiger partial charge in [-0.05, 0) is 29.9 Å². The van der Waals surface area contributed by atoms with Crippen LogP contribution in [0.4, 0.5) is 0 Å². The number of hydrogen-bond donors (Lipinski definition) is 0. The first-order valence-electron chi connectivity index (χ1n) is 4.10. The summed E-state index contributed by atoms with van der Waals surface area (Å²) < 4.78 is 0. The van der Waals surface area contributed by atoms with Gasteiger partial charge in [-0.1, -0.05) is 27.2 Å².